The third-order valence-corrected chi connectivity index (χ3v) is 4.55. The van der Waals surface area contributed by atoms with Crippen molar-refractivity contribution >= 4 is 12.1 Å². The van der Waals surface area contributed by atoms with Crippen LogP contribution in [0.5, 0.6) is 0 Å². The van der Waals surface area contributed by atoms with Gasteiger partial charge in [0.25, 0.3) is 0 Å². The first kappa shape index (κ1) is 17.9. The summed E-state index contributed by atoms with van der Waals surface area (Å²) < 4.78 is 5.48. The van der Waals surface area contributed by atoms with Crippen LogP contribution in [-0.2, 0) is 9.53 Å². The fraction of sp³-hybridized carbons (Fsp3) is 0.300. The first-order valence-corrected chi connectivity index (χ1v) is 8.63. The first-order chi connectivity index (χ1) is 12.6. The Kier molecular flexibility index (Phi) is 5.53. The summed E-state index contributed by atoms with van der Waals surface area (Å²) in [6, 6.07) is 16.1. The molecular formula is C20H22N2O4. The van der Waals surface area contributed by atoms with E-state index in [-0.39, 0.29) is 19.1 Å². The van der Waals surface area contributed by atoms with Gasteiger partial charge in [-0.05, 0) is 35.2 Å². The number of carbonyl (C=O) groups excluding carboxylic acids is 1. The standard InChI is InChI=1S/C20H22N2O4/c21-10-5-11-22(12-19(23)24)20(25)26-13-18-16-8-3-1-6-14(16)15-7-2-4-9-17(15)18/h1-4,6-9,18H,5,10-13,21H2,(H,23,24). The van der Waals surface area contributed by atoms with Crippen molar-refractivity contribution in [2.24, 2.45) is 5.73 Å². The Balaban J connectivity index is 1.74. The number of amides is 1. The number of nitrogens with two attached hydrogens (primary N) is 1. The van der Waals surface area contributed by atoms with Crippen LogP contribution in [0.3, 0.4) is 0 Å². The average Bonchev–Trinajstić information content (AvgIpc) is 2.97. The maximum absolute atomic E-state index is 12.4. The van der Waals surface area contributed by atoms with Gasteiger partial charge in [0.2, 0.25) is 0 Å². The number of carbonyl (C=O) groups is 2. The van der Waals surface area contributed by atoms with Gasteiger partial charge in [0.15, 0.2) is 0 Å². The summed E-state index contributed by atoms with van der Waals surface area (Å²) in [4.78, 5) is 24.5. The van der Waals surface area contributed by atoms with Gasteiger partial charge < -0.3 is 15.6 Å². The molecule has 0 fully saturated rings. The summed E-state index contributed by atoms with van der Waals surface area (Å²) in [6.45, 7) is 0.425. The minimum Gasteiger partial charge on any atom is -0.480 e. The van der Waals surface area contributed by atoms with E-state index < -0.39 is 18.6 Å². The van der Waals surface area contributed by atoms with E-state index >= 15 is 0 Å². The van der Waals surface area contributed by atoms with Gasteiger partial charge in [-0.3, -0.25) is 9.69 Å². The smallest absolute Gasteiger partial charge is 0.410 e. The molecular weight excluding hydrogens is 332 g/mol. The quantitative estimate of drug-likeness (QED) is 0.797. The SMILES string of the molecule is NCCCN(CC(=O)O)C(=O)OCC1c2ccccc2-c2ccccc21. The predicted molar refractivity (Wildman–Crippen MR) is 97.9 cm³/mol. The van der Waals surface area contributed by atoms with Crippen LogP contribution in [0, 0.1) is 0 Å². The number of aliphatic carboxylic acids is 1. The van der Waals surface area contributed by atoms with Crippen molar-refractivity contribution in [1.82, 2.24) is 4.90 Å². The van der Waals surface area contributed by atoms with Crippen LogP contribution in [0.15, 0.2) is 48.5 Å². The lowest BCUT2D eigenvalue weighted by molar-refractivity contribution is -0.138. The second-order valence-electron chi connectivity index (χ2n) is 6.26. The van der Waals surface area contributed by atoms with Gasteiger partial charge >= 0.3 is 12.1 Å². The summed E-state index contributed by atoms with van der Waals surface area (Å²) in [6.07, 6.45) is -0.0972. The molecule has 6 nitrogen and oxygen atoms in total. The summed E-state index contributed by atoms with van der Waals surface area (Å²) in [5, 5.41) is 8.99. The molecule has 0 saturated carbocycles. The molecule has 0 aliphatic heterocycles. The number of rotatable bonds is 7. The molecule has 1 amide bonds. The fourth-order valence-corrected chi connectivity index (χ4v) is 3.37. The molecule has 0 radical (unpaired) electrons. The zero-order valence-electron chi connectivity index (χ0n) is 14.4. The monoisotopic (exact) mass is 354 g/mol. The molecule has 1 aliphatic rings. The lowest BCUT2D eigenvalue weighted by Crippen LogP contribution is -2.38. The second kappa shape index (κ2) is 8.01. The van der Waals surface area contributed by atoms with Crippen molar-refractivity contribution in [2.45, 2.75) is 12.3 Å². The van der Waals surface area contributed by atoms with Gasteiger partial charge in [-0.25, -0.2) is 4.79 Å². The number of hydrogen-bond donors (Lipinski definition) is 2. The normalized spacial score (nSPS) is 12.3. The Hall–Kier alpha value is -2.86. The highest BCUT2D eigenvalue weighted by Gasteiger charge is 2.29. The lowest BCUT2D eigenvalue weighted by atomic mass is 9.98. The highest BCUT2D eigenvalue weighted by Crippen LogP contribution is 2.44. The minimum atomic E-state index is -1.07. The van der Waals surface area contributed by atoms with Crippen molar-refractivity contribution in [3.8, 4) is 11.1 Å². The number of carboxylic acids is 1. The Morgan fingerprint density at radius 3 is 2.15 bits per heavy atom. The lowest BCUT2D eigenvalue weighted by Gasteiger charge is -2.21. The Bertz CT molecular complexity index is 760. The van der Waals surface area contributed by atoms with Gasteiger partial charge in [0.1, 0.15) is 13.2 Å². The molecule has 0 saturated heterocycles. The fourth-order valence-electron chi connectivity index (χ4n) is 3.37. The molecule has 3 rings (SSSR count). The van der Waals surface area contributed by atoms with Crippen LogP contribution >= 0.6 is 0 Å². The number of nitrogens with zero attached hydrogens (tertiary/aromatic N) is 1. The maximum atomic E-state index is 12.4. The van der Waals surface area contributed by atoms with Crippen LogP contribution in [0.1, 0.15) is 23.5 Å². The summed E-state index contributed by atoms with van der Waals surface area (Å²) in [7, 11) is 0. The summed E-state index contributed by atoms with van der Waals surface area (Å²) in [5.41, 5.74) is 9.99. The molecule has 0 spiro atoms. The number of fused-ring (bicyclic) bond motifs is 3. The molecule has 2 aromatic carbocycles. The van der Waals surface area contributed by atoms with Crippen molar-refractivity contribution < 1.29 is 19.4 Å². The van der Waals surface area contributed by atoms with Crippen molar-refractivity contribution in [1.29, 1.82) is 0 Å². The highest BCUT2D eigenvalue weighted by atomic mass is 16.6. The molecule has 0 atom stereocenters. The van der Waals surface area contributed by atoms with E-state index in [0.29, 0.717) is 13.0 Å². The molecule has 6 heteroatoms. The average molecular weight is 354 g/mol. The van der Waals surface area contributed by atoms with Gasteiger partial charge in [0, 0.05) is 12.5 Å². The minimum absolute atomic E-state index is 0.0486. The van der Waals surface area contributed by atoms with E-state index in [9.17, 15) is 9.59 Å². The Morgan fingerprint density at radius 2 is 1.62 bits per heavy atom. The van der Waals surface area contributed by atoms with Gasteiger partial charge in [-0.1, -0.05) is 48.5 Å². The van der Waals surface area contributed by atoms with E-state index in [2.05, 4.69) is 12.1 Å². The molecule has 1 aliphatic carbocycles. The van der Waals surface area contributed by atoms with Crippen molar-refractivity contribution in [2.75, 3.05) is 26.2 Å². The van der Waals surface area contributed by atoms with Crippen molar-refractivity contribution in [3.05, 3.63) is 59.7 Å². The number of carboxylic acid groups (broad SMARTS) is 1. The largest absolute Gasteiger partial charge is 0.480 e. The van der Waals surface area contributed by atoms with Gasteiger partial charge in [-0.15, -0.1) is 0 Å². The third kappa shape index (κ3) is 3.70. The van der Waals surface area contributed by atoms with E-state index in [1.165, 1.54) is 4.90 Å². The molecule has 136 valence electrons. The number of ether oxygens (including phenoxy) is 1. The first-order valence-electron chi connectivity index (χ1n) is 8.63. The summed E-state index contributed by atoms with van der Waals surface area (Å²) >= 11 is 0. The van der Waals surface area contributed by atoms with Crippen LogP contribution in [0.4, 0.5) is 4.79 Å². The van der Waals surface area contributed by atoms with E-state index in [4.69, 9.17) is 15.6 Å². The highest BCUT2D eigenvalue weighted by molar-refractivity contribution is 5.79. The zero-order valence-corrected chi connectivity index (χ0v) is 14.4. The maximum Gasteiger partial charge on any atom is 0.410 e. The van der Waals surface area contributed by atoms with Crippen LogP contribution in [-0.4, -0.2) is 48.3 Å². The van der Waals surface area contributed by atoms with Crippen LogP contribution in [0.25, 0.3) is 11.1 Å². The molecule has 3 N–H and O–H groups in total. The van der Waals surface area contributed by atoms with E-state index in [0.717, 1.165) is 22.3 Å². The molecule has 0 unspecified atom stereocenters. The number of hydrogen-bond acceptors (Lipinski definition) is 4. The molecule has 26 heavy (non-hydrogen) atoms. The Labute approximate surface area is 152 Å². The Morgan fingerprint density at radius 1 is 1.04 bits per heavy atom. The molecule has 0 aromatic heterocycles. The van der Waals surface area contributed by atoms with Crippen LogP contribution < -0.4 is 5.73 Å². The van der Waals surface area contributed by atoms with E-state index in [1.807, 2.05) is 36.4 Å². The zero-order chi connectivity index (χ0) is 18.5. The molecule has 0 bridgehead atoms. The van der Waals surface area contributed by atoms with Crippen molar-refractivity contribution in [3.63, 3.8) is 0 Å². The topological polar surface area (TPSA) is 92.9 Å². The van der Waals surface area contributed by atoms with E-state index in [1.54, 1.807) is 0 Å². The van der Waals surface area contributed by atoms with Gasteiger partial charge in [-0.2, -0.15) is 0 Å². The summed E-state index contributed by atoms with van der Waals surface area (Å²) in [5.74, 6) is -1.12. The number of benzene rings is 2. The predicted octanol–water partition coefficient (Wildman–Crippen LogP) is 2.67. The van der Waals surface area contributed by atoms with Gasteiger partial charge in [0.05, 0.1) is 0 Å². The third-order valence-electron chi connectivity index (χ3n) is 4.55. The molecule has 2 aromatic rings. The van der Waals surface area contributed by atoms with Crippen LogP contribution in [0.2, 0.25) is 0 Å². The second-order valence-corrected chi connectivity index (χ2v) is 6.26. The molecule has 0 heterocycles.